The molecule has 0 atom stereocenters. The summed E-state index contributed by atoms with van der Waals surface area (Å²) in [4.78, 5) is 13.2. The van der Waals surface area contributed by atoms with Gasteiger partial charge in [-0.2, -0.15) is 5.11 Å². The summed E-state index contributed by atoms with van der Waals surface area (Å²) in [6.45, 7) is 2.03. The molecule has 0 aliphatic heterocycles. The van der Waals surface area contributed by atoms with E-state index in [9.17, 15) is 4.79 Å². The van der Waals surface area contributed by atoms with Crippen molar-refractivity contribution in [2.45, 2.75) is 6.92 Å². The predicted octanol–water partition coefficient (Wildman–Crippen LogP) is 6.13. The number of azo groups is 1. The quantitative estimate of drug-likeness (QED) is 0.321. The van der Waals surface area contributed by atoms with Gasteiger partial charge in [-0.1, -0.05) is 66.2 Å². The summed E-state index contributed by atoms with van der Waals surface area (Å²) in [5.41, 5.74) is 4.65. The fraction of sp³-hybridized carbons (Fsp3) is 0.0870. The molecule has 0 aliphatic carbocycles. The van der Waals surface area contributed by atoms with Gasteiger partial charge in [0, 0.05) is 18.0 Å². The van der Waals surface area contributed by atoms with E-state index in [1.807, 2.05) is 97.4 Å². The third-order valence-electron chi connectivity index (χ3n) is 4.63. The lowest BCUT2D eigenvalue weighted by Crippen LogP contribution is -2.07. The molecule has 0 radical (unpaired) electrons. The van der Waals surface area contributed by atoms with Gasteiger partial charge in [0.2, 0.25) is 5.78 Å². The van der Waals surface area contributed by atoms with Gasteiger partial charge in [-0.3, -0.25) is 4.79 Å². The van der Waals surface area contributed by atoms with Crippen LogP contribution in [0.25, 0.3) is 10.9 Å². The molecule has 0 saturated heterocycles. The Bertz CT molecular complexity index is 1140. The van der Waals surface area contributed by atoms with Crippen molar-refractivity contribution in [1.29, 1.82) is 0 Å². The molecule has 0 unspecified atom stereocenters. The lowest BCUT2D eigenvalue weighted by atomic mass is 10.1. The minimum atomic E-state index is -0.0628. The number of hydrogen-bond donors (Lipinski definition) is 0. The molecule has 0 saturated carbocycles. The minimum Gasteiger partial charge on any atom is -0.339 e. The van der Waals surface area contributed by atoms with E-state index in [2.05, 4.69) is 10.2 Å². The number of aromatic nitrogens is 1. The molecule has 0 bridgehead atoms. The minimum absolute atomic E-state index is 0.0628. The number of fused-ring (bicyclic) bond motifs is 1. The second kappa shape index (κ2) is 7.00. The molecule has 0 spiro atoms. The summed E-state index contributed by atoms with van der Waals surface area (Å²) in [5.74, 6) is -0.0628. The molecule has 0 N–H and O–H groups in total. The molecule has 4 heteroatoms. The Labute approximate surface area is 157 Å². The zero-order chi connectivity index (χ0) is 18.8. The van der Waals surface area contributed by atoms with Gasteiger partial charge in [-0.05, 0) is 25.1 Å². The van der Waals surface area contributed by atoms with Crippen molar-refractivity contribution in [2.75, 3.05) is 0 Å². The molecular formula is C23H19N3O. The molecule has 4 nitrogen and oxygen atoms in total. The highest BCUT2D eigenvalue weighted by atomic mass is 16.1. The normalized spacial score (nSPS) is 11.3. The zero-order valence-electron chi connectivity index (χ0n) is 15.3. The Hall–Kier alpha value is -3.53. The topological polar surface area (TPSA) is 46.7 Å². The van der Waals surface area contributed by atoms with E-state index in [0.29, 0.717) is 16.9 Å². The van der Waals surface area contributed by atoms with Crippen LogP contribution in [-0.2, 0) is 7.05 Å². The van der Waals surface area contributed by atoms with Crippen LogP contribution in [0.1, 0.15) is 21.6 Å². The first-order valence-electron chi connectivity index (χ1n) is 8.81. The summed E-state index contributed by atoms with van der Waals surface area (Å²) in [5, 5.41) is 9.77. The van der Waals surface area contributed by atoms with Gasteiger partial charge < -0.3 is 4.57 Å². The highest BCUT2D eigenvalue weighted by molar-refractivity contribution is 6.15. The number of carbonyl (C=O) groups excluding carboxylic acids is 1. The zero-order valence-corrected chi connectivity index (χ0v) is 15.3. The van der Waals surface area contributed by atoms with Crippen LogP contribution in [0.2, 0.25) is 0 Å². The number of benzene rings is 3. The third-order valence-corrected chi connectivity index (χ3v) is 4.63. The van der Waals surface area contributed by atoms with Crippen molar-refractivity contribution in [3.8, 4) is 0 Å². The second-order valence-corrected chi connectivity index (χ2v) is 6.50. The van der Waals surface area contributed by atoms with Crippen molar-refractivity contribution in [1.82, 2.24) is 4.57 Å². The van der Waals surface area contributed by atoms with E-state index >= 15 is 0 Å². The van der Waals surface area contributed by atoms with Crippen molar-refractivity contribution >= 4 is 28.1 Å². The lowest BCUT2D eigenvalue weighted by molar-refractivity contribution is 0.103. The Kier molecular flexibility index (Phi) is 4.38. The second-order valence-electron chi connectivity index (χ2n) is 6.50. The van der Waals surface area contributed by atoms with E-state index in [-0.39, 0.29) is 5.78 Å². The van der Waals surface area contributed by atoms with Gasteiger partial charge in [0.05, 0.1) is 11.2 Å². The van der Waals surface area contributed by atoms with Crippen LogP contribution in [0, 0.1) is 6.92 Å². The van der Waals surface area contributed by atoms with Crippen molar-refractivity contribution in [2.24, 2.45) is 17.3 Å². The molecular weight excluding hydrogens is 334 g/mol. The summed E-state index contributed by atoms with van der Waals surface area (Å²) in [6, 6.07) is 25.0. The van der Waals surface area contributed by atoms with Gasteiger partial charge in [0.25, 0.3) is 0 Å². The number of para-hydroxylation sites is 1. The standard InChI is InChI=1S/C23H19N3O/c1-16-12-14-18(15-13-16)24-25-21-19-10-6-7-11-20(19)26(2)22(21)23(27)17-8-4-3-5-9-17/h3-15H,1-2H3. The van der Waals surface area contributed by atoms with Crippen LogP contribution < -0.4 is 0 Å². The summed E-state index contributed by atoms with van der Waals surface area (Å²) < 4.78 is 1.90. The molecule has 27 heavy (non-hydrogen) atoms. The number of nitrogens with zero attached hydrogens (tertiary/aromatic N) is 3. The Morgan fingerprint density at radius 2 is 1.48 bits per heavy atom. The Balaban J connectivity index is 1.88. The first-order chi connectivity index (χ1) is 13.1. The fourth-order valence-corrected chi connectivity index (χ4v) is 3.18. The van der Waals surface area contributed by atoms with Crippen LogP contribution in [0.3, 0.4) is 0 Å². The molecule has 0 amide bonds. The lowest BCUT2D eigenvalue weighted by Gasteiger charge is -2.04. The monoisotopic (exact) mass is 353 g/mol. The van der Waals surface area contributed by atoms with Crippen molar-refractivity contribution < 1.29 is 4.79 Å². The van der Waals surface area contributed by atoms with E-state index in [1.54, 1.807) is 0 Å². The maximum absolute atomic E-state index is 13.2. The predicted molar refractivity (Wildman–Crippen MR) is 108 cm³/mol. The van der Waals surface area contributed by atoms with Gasteiger partial charge in [0.1, 0.15) is 11.4 Å². The number of rotatable bonds is 4. The van der Waals surface area contributed by atoms with Crippen LogP contribution in [0.4, 0.5) is 11.4 Å². The average molecular weight is 353 g/mol. The molecule has 1 aromatic heterocycles. The molecule has 4 rings (SSSR count). The Morgan fingerprint density at radius 3 is 2.22 bits per heavy atom. The van der Waals surface area contributed by atoms with Gasteiger partial charge >= 0.3 is 0 Å². The summed E-state index contributed by atoms with van der Waals surface area (Å²) >= 11 is 0. The first kappa shape index (κ1) is 16.9. The molecule has 0 aliphatic rings. The van der Waals surface area contributed by atoms with Crippen molar-refractivity contribution in [3.63, 3.8) is 0 Å². The molecule has 132 valence electrons. The van der Waals surface area contributed by atoms with E-state index in [0.717, 1.165) is 16.6 Å². The van der Waals surface area contributed by atoms with Gasteiger partial charge in [-0.25, -0.2) is 0 Å². The molecule has 1 heterocycles. The molecule has 4 aromatic rings. The van der Waals surface area contributed by atoms with Crippen molar-refractivity contribution in [3.05, 3.63) is 95.7 Å². The van der Waals surface area contributed by atoms with E-state index in [4.69, 9.17) is 0 Å². The number of ketones is 1. The van der Waals surface area contributed by atoms with Crippen LogP contribution in [0.5, 0.6) is 0 Å². The summed E-state index contributed by atoms with van der Waals surface area (Å²) in [7, 11) is 1.89. The van der Waals surface area contributed by atoms with E-state index in [1.165, 1.54) is 5.56 Å². The maximum Gasteiger partial charge on any atom is 0.211 e. The highest BCUT2D eigenvalue weighted by Gasteiger charge is 2.22. The van der Waals surface area contributed by atoms with E-state index < -0.39 is 0 Å². The highest BCUT2D eigenvalue weighted by Crippen LogP contribution is 2.35. The Morgan fingerprint density at radius 1 is 0.815 bits per heavy atom. The smallest absolute Gasteiger partial charge is 0.211 e. The number of carbonyl (C=O) groups is 1. The maximum atomic E-state index is 13.2. The van der Waals surface area contributed by atoms with Crippen LogP contribution in [0.15, 0.2) is 89.1 Å². The van der Waals surface area contributed by atoms with Gasteiger partial charge in [0.15, 0.2) is 0 Å². The molecule has 3 aromatic carbocycles. The van der Waals surface area contributed by atoms with Crippen LogP contribution >= 0.6 is 0 Å². The van der Waals surface area contributed by atoms with Gasteiger partial charge in [-0.15, -0.1) is 5.11 Å². The number of aryl methyl sites for hydroxylation is 2. The third kappa shape index (κ3) is 3.17. The molecule has 0 fully saturated rings. The largest absolute Gasteiger partial charge is 0.339 e. The van der Waals surface area contributed by atoms with Crippen LogP contribution in [-0.4, -0.2) is 10.4 Å². The summed E-state index contributed by atoms with van der Waals surface area (Å²) in [6.07, 6.45) is 0. The SMILES string of the molecule is Cc1ccc(N=Nc2c(C(=O)c3ccccc3)n(C)c3ccccc23)cc1. The first-order valence-corrected chi connectivity index (χ1v) is 8.81. The fourth-order valence-electron chi connectivity index (χ4n) is 3.18. The average Bonchev–Trinajstić information content (AvgIpc) is 3.00. The number of hydrogen-bond acceptors (Lipinski definition) is 3.